The quantitative estimate of drug-likeness (QED) is 0.509. The molecule has 0 radical (unpaired) electrons. The maximum Gasteiger partial charge on any atom is 0.417 e. The Morgan fingerprint density at radius 3 is 2.38 bits per heavy atom. The Morgan fingerprint density at radius 1 is 1.15 bits per heavy atom. The summed E-state index contributed by atoms with van der Waals surface area (Å²) in [7, 11) is 0. The highest BCUT2D eigenvalue weighted by molar-refractivity contribution is 6.31. The Hall–Kier alpha value is -2.08. The van der Waals surface area contributed by atoms with Gasteiger partial charge in [0.25, 0.3) is 5.91 Å². The molecular weight excluding hydrogens is 473 g/mol. The number of imide groups is 1. The molecule has 2 aliphatic rings. The molecule has 2 aromatic carbocycles. The summed E-state index contributed by atoms with van der Waals surface area (Å²) in [5.41, 5.74) is 0.545. The number of amides is 2. The first-order valence-electron chi connectivity index (χ1n) is 11.6. The highest BCUT2D eigenvalue weighted by atomic mass is 35.5. The number of hydrogen-bond acceptors (Lipinski definition) is 4. The van der Waals surface area contributed by atoms with Crippen LogP contribution in [0.3, 0.4) is 0 Å². The minimum Gasteiger partial charge on any atom is -0.443 e. The number of halogens is 2. The highest BCUT2D eigenvalue weighted by Crippen LogP contribution is 2.57. The molecule has 1 heterocycles. The van der Waals surface area contributed by atoms with E-state index in [1.54, 1.807) is 20.8 Å². The lowest BCUT2D eigenvalue weighted by atomic mass is 9.60. The number of aryl methyl sites for hydroxylation is 1. The van der Waals surface area contributed by atoms with Gasteiger partial charge >= 0.3 is 6.09 Å². The highest BCUT2D eigenvalue weighted by Gasteiger charge is 2.64. The van der Waals surface area contributed by atoms with Crippen molar-refractivity contribution in [2.75, 3.05) is 0 Å². The summed E-state index contributed by atoms with van der Waals surface area (Å²) in [5, 5.41) is 13.0. The van der Waals surface area contributed by atoms with Gasteiger partial charge in [-0.15, -0.1) is 0 Å². The Bertz CT molecular complexity index is 1110. The second-order valence-corrected chi connectivity index (χ2v) is 11.4. The number of rotatable bonds is 2. The van der Waals surface area contributed by atoms with Crippen LogP contribution in [0.25, 0.3) is 0 Å². The number of carbonyl (C=O) groups is 2. The van der Waals surface area contributed by atoms with Crippen LogP contribution < -0.4 is 0 Å². The minimum atomic E-state index is -1.67. The smallest absolute Gasteiger partial charge is 0.417 e. The van der Waals surface area contributed by atoms with E-state index in [4.69, 9.17) is 27.9 Å². The van der Waals surface area contributed by atoms with Crippen LogP contribution in [0.5, 0.6) is 0 Å². The van der Waals surface area contributed by atoms with E-state index < -0.39 is 35.2 Å². The van der Waals surface area contributed by atoms with Crippen molar-refractivity contribution in [1.82, 2.24) is 4.90 Å². The summed E-state index contributed by atoms with van der Waals surface area (Å²) in [6.07, 6.45) is 0.0515. The summed E-state index contributed by atoms with van der Waals surface area (Å²) < 4.78 is 5.53. The maximum atomic E-state index is 13.5. The largest absolute Gasteiger partial charge is 0.443 e. The third-order valence-electron chi connectivity index (χ3n) is 7.12. The first-order chi connectivity index (χ1) is 15.8. The molecular formula is C27H31Cl2NO4. The molecule has 0 bridgehead atoms. The van der Waals surface area contributed by atoms with Crippen molar-refractivity contribution in [2.45, 2.75) is 76.5 Å². The van der Waals surface area contributed by atoms with Gasteiger partial charge in [0.1, 0.15) is 11.2 Å². The average molecular weight is 504 g/mol. The fraction of sp³-hybridized carbons (Fsp3) is 0.481. The maximum absolute atomic E-state index is 13.5. The van der Waals surface area contributed by atoms with E-state index in [0.29, 0.717) is 16.5 Å². The van der Waals surface area contributed by atoms with E-state index in [9.17, 15) is 14.7 Å². The predicted molar refractivity (Wildman–Crippen MR) is 133 cm³/mol. The molecule has 1 aliphatic heterocycles. The van der Waals surface area contributed by atoms with Crippen LogP contribution >= 0.6 is 23.2 Å². The second kappa shape index (κ2) is 8.85. The Morgan fingerprint density at radius 2 is 1.79 bits per heavy atom. The number of fused-ring (bicyclic) bond motifs is 1. The van der Waals surface area contributed by atoms with Crippen molar-refractivity contribution in [3.8, 4) is 0 Å². The number of benzene rings is 2. The summed E-state index contributed by atoms with van der Waals surface area (Å²) in [6, 6.07) is 12.9. The molecule has 0 spiro atoms. The van der Waals surface area contributed by atoms with E-state index >= 15 is 0 Å². The van der Waals surface area contributed by atoms with Crippen molar-refractivity contribution in [3.63, 3.8) is 0 Å². The zero-order valence-corrected chi connectivity index (χ0v) is 21.7. The van der Waals surface area contributed by atoms with Crippen molar-refractivity contribution in [3.05, 3.63) is 69.2 Å². The Balaban J connectivity index is 1.83. The van der Waals surface area contributed by atoms with Gasteiger partial charge in [0.2, 0.25) is 0 Å². The van der Waals surface area contributed by atoms with Crippen LogP contribution in [0, 0.1) is 12.8 Å². The molecule has 34 heavy (non-hydrogen) atoms. The fourth-order valence-electron chi connectivity index (χ4n) is 5.74. The van der Waals surface area contributed by atoms with Crippen LogP contribution in [-0.2, 0) is 9.53 Å². The van der Waals surface area contributed by atoms with E-state index in [0.717, 1.165) is 21.6 Å². The average Bonchev–Trinajstić information content (AvgIpc) is 2.93. The van der Waals surface area contributed by atoms with Crippen LogP contribution in [-0.4, -0.2) is 39.3 Å². The topological polar surface area (TPSA) is 66.8 Å². The zero-order chi connectivity index (χ0) is 25.0. The van der Waals surface area contributed by atoms with Crippen molar-refractivity contribution in [2.24, 2.45) is 5.92 Å². The van der Waals surface area contributed by atoms with E-state index in [2.05, 4.69) is 0 Å². The molecule has 1 saturated heterocycles. The molecule has 2 amide bonds. The number of ether oxygens (including phenoxy) is 1. The molecule has 2 fully saturated rings. The molecule has 1 saturated carbocycles. The predicted octanol–water partition coefficient (Wildman–Crippen LogP) is 6.48. The van der Waals surface area contributed by atoms with Gasteiger partial charge < -0.3 is 9.84 Å². The summed E-state index contributed by atoms with van der Waals surface area (Å²) in [6.45, 7) is 9.06. The van der Waals surface area contributed by atoms with E-state index in [1.807, 2.05) is 56.3 Å². The molecule has 182 valence electrons. The summed E-state index contributed by atoms with van der Waals surface area (Å²) in [4.78, 5) is 27.7. The Labute approximate surface area is 211 Å². The summed E-state index contributed by atoms with van der Waals surface area (Å²) in [5.74, 6) is -1.44. The van der Waals surface area contributed by atoms with Crippen LogP contribution in [0.4, 0.5) is 4.79 Å². The zero-order valence-electron chi connectivity index (χ0n) is 20.1. The van der Waals surface area contributed by atoms with Gasteiger partial charge in [-0.2, -0.15) is 0 Å². The van der Waals surface area contributed by atoms with Gasteiger partial charge in [-0.3, -0.25) is 4.79 Å². The molecule has 5 atom stereocenters. The van der Waals surface area contributed by atoms with Crippen LogP contribution in [0.2, 0.25) is 10.0 Å². The van der Waals surface area contributed by atoms with Crippen LogP contribution in [0.15, 0.2) is 42.5 Å². The molecule has 4 rings (SSSR count). The number of aliphatic hydroxyl groups is 1. The molecule has 1 N–H and O–H groups in total. The number of hydrogen-bond donors (Lipinski definition) is 1. The monoisotopic (exact) mass is 503 g/mol. The third kappa shape index (κ3) is 4.34. The molecule has 2 aromatic rings. The standard InChI is InChI=1S/C27H31Cl2NO4/c1-15-6-11-19(21(29)14-15)20-12-13-27(33)23(22(20)17-7-9-18(28)10-8-17)16(2)30(24(27)31)25(32)34-26(3,4)5/h6-11,14,16,20,22-23,33H,12-13H2,1-5H3/t16-,20+,22+,23+,27+/m1/s1. The number of carbonyl (C=O) groups excluding carboxylic acids is 2. The van der Waals surface area contributed by atoms with Crippen molar-refractivity contribution >= 4 is 35.2 Å². The van der Waals surface area contributed by atoms with Crippen LogP contribution in [0.1, 0.15) is 69.1 Å². The molecule has 0 aromatic heterocycles. The van der Waals surface area contributed by atoms with Gasteiger partial charge in [-0.25, -0.2) is 9.69 Å². The van der Waals surface area contributed by atoms with Gasteiger partial charge in [0, 0.05) is 22.0 Å². The van der Waals surface area contributed by atoms with Crippen molar-refractivity contribution < 1.29 is 19.4 Å². The number of nitrogens with zero attached hydrogens (tertiary/aromatic N) is 1. The summed E-state index contributed by atoms with van der Waals surface area (Å²) >= 11 is 12.9. The minimum absolute atomic E-state index is 0.0478. The lowest BCUT2D eigenvalue weighted by Crippen LogP contribution is -2.50. The van der Waals surface area contributed by atoms with Gasteiger partial charge in [-0.05, 0) is 94.2 Å². The van der Waals surface area contributed by atoms with E-state index in [1.165, 1.54) is 0 Å². The third-order valence-corrected chi connectivity index (χ3v) is 7.70. The first-order valence-corrected chi connectivity index (χ1v) is 12.4. The van der Waals surface area contributed by atoms with E-state index in [-0.39, 0.29) is 18.3 Å². The molecule has 1 aliphatic carbocycles. The van der Waals surface area contributed by atoms with Crippen molar-refractivity contribution in [1.29, 1.82) is 0 Å². The lowest BCUT2D eigenvalue weighted by Gasteiger charge is -2.45. The lowest BCUT2D eigenvalue weighted by molar-refractivity contribution is -0.148. The molecule has 7 heteroatoms. The molecule has 5 nitrogen and oxygen atoms in total. The van der Waals surface area contributed by atoms with Gasteiger partial charge in [0.15, 0.2) is 0 Å². The Kier molecular flexibility index (Phi) is 6.52. The van der Waals surface area contributed by atoms with Gasteiger partial charge in [-0.1, -0.05) is 47.5 Å². The normalized spacial score (nSPS) is 29.2. The SMILES string of the molecule is Cc1ccc([C@@H]2CC[C@@]3(O)C(=O)N(C(=O)OC(C)(C)C)[C@H](C)[C@H]3[C@H]2c2ccc(Cl)cc2)c(Cl)c1. The first kappa shape index (κ1) is 25.0. The second-order valence-electron chi connectivity index (χ2n) is 10.6. The number of likely N-dealkylation sites (tertiary alicyclic amines) is 1. The van der Waals surface area contributed by atoms with Gasteiger partial charge in [0.05, 0.1) is 0 Å². The molecule has 0 unspecified atom stereocenters. The fourth-order valence-corrected chi connectivity index (χ4v) is 6.24.